The Bertz CT molecular complexity index is 2890. The fourth-order valence-electron chi connectivity index (χ4n) is 9.24. The number of carbonyl (C=O) groups excluding carboxylic acids is 4. The molecule has 4 amide bonds. The van der Waals surface area contributed by atoms with E-state index in [1.165, 1.54) is 7.11 Å². The molecule has 17 heteroatoms. The van der Waals surface area contributed by atoms with Crippen LogP contribution < -0.4 is 44.8 Å². The fraction of sp³-hybridized carbons (Fsp3) is 0.321. The first-order chi connectivity index (χ1) is 33.9. The van der Waals surface area contributed by atoms with Crippen molar-refractivity contribution in [2.45, 2.75) is 82.4 Å². The van der Waals surface area contributed by atoms with Crippen LogP contribution in [0.2, 0.25) is 0 Å². The summed E-state index contributed by atoms with van der Waals surface area (Å²) in [5, 5.41) is 10.0. The van der Waals surface area contributed by atoms with E-state index in [2.05, 4.69) is 47.8 Å². The minimum absolute atomic E-state index is 0.0292. The van der Waals surface area contributed by atoms with Gasteiger partial charge >= 0.3 is 0 Å². The van der Waals surface area contributed by atoms with Gasteiger partial charge in [0.05, 0.1) is 48.8 Å². The monoisotopic (exact) mass is 981 g/mol. The van der Waals surface area contributed by atoms with Crippen LogP contribution in [-0.4, -0.2) is 79.9 Å². The molecule has 5 aromatic rings. The molecule has 0 bridgehead atoms. The van der Waals surface area contributed by atoms with Gasteiger partial charge in [0, 0.05) is 78.4 Å². The van der Waals surface area contributed by atoms with E-state index in [0.29, 0.717) is 83.4 Å². The summed E-state index contributed by atoms with van der Waals surface area (Å²) in [6, 6.07) is 28.3. The van der Waals surface area contributed by atoms with Crippen molar-refractivity contribution in [2.24, 2.45) is 10.1 Å². The number of nitrogens with one attached hydrogen (secondary N) is 3. The van der Waals surface area contributed by atoms with E-state index in [1.54, 1.807) is 51.8 Å². The van der Waals surface area contributed by atoms with Crippen molar-refractivity contribution in [3.8, 4) is 23.0 Å². The van der Waals surface area contributed by atoms with Crippen LogP contribution in [-0.2, 0) is 35.6 Å². The summed E-state index contributed by atoms with van der Waals surface area (Å²) in [5.41, 5.74) is 10.5. The average molecular weight is 982 g/mol. The van der Waals surface area contributed by atoms with Crippen molar-refractivity contribution < 1.29 is 38.1 Å². The van der Waals surface area contributed by atoms with Crippen molar-refractivity contribution >= 4 is 86.6 Å². The lowest BCUT2D eigenvalue weighted by Gasteiger charge is -2.23. The van der Waals surface area contributed by atoms with E-state index < -0.39 is 0 Å². The van der Waals surface area contributed by atoms with Gasteiger partial charge in [0.2, 0.25) is 11.8 Å². The highest BCUT2D eigenvalue weighted by molar-refractivity contribution is 8.77. The molecular formula is C53H55N7O8S2. The topological polar surface area (TPSA) is 172 Å². The van der Waals surface area contributed by atoms with Gasteiger partial charge in [0.15, 0.2) is 23.0 Å². The zero-order valence-corrected chi connectivity index (χ0v) is 41.2. The third kappa shape index (κ3) is 10.5. The van der Waals surface area contributed by atoms with Crippen molar-refractivity contribution in [1.82, 2.24) is 5.43 Å². The highest BCUT2D eigenvalue weighted by Gasteiger charge is 2.39. The second-order valence-electron chi connectivity index (χ2n) is 18.1. The van der Waals surface area contributed by atoms with Crippen molar-refractivity contribution in [3.05, 3.63) is 124 Å². The van der Waals surface area contributed by atoms with Gasteiger partial charge in [-0.2, -0.15) is 5.10 Å². The first kappa shape index (κ1) is 48.1. The number of methoxy groups -OCH3 is 2. The summed E-state index contributed by atoms with van der Waals surface area (Å²) in [4.78, 5) is 61.9. The lowest BCUT2D eigenvalue weighted by atomic mass is 10.1. The Labute approximate surface area is 415 Å². The van der Waals surface area contributed by atoms with Gasteiger partial charge < -0.3 is 34.5 Å². The zero-order valence-electron chi connectivity index (χ0n) is 39.5. The molecule has 4 heterocycles. The van der Waals surface area contributed by atoms with Gasteiger partial charge in [-0.05, 0) is 97.8 Å². The van der Waals surface area contributed by atoms with Crippen LogP contribution in [0.3, 0.4) is 0 Å². The highest BCUT2D eigenvalue weighted by atomic mass is 33.1. The summed E-state index contributed by atoms with van der Waals surface area (Å²) < 4.78 is 24.3. The predicted molar refractivity (Wildman–Crippen MR) is 278 cm³/mol. The lowest BCUT2D eigenvalue weighted by Crippen LogP contribution is -2.39. The Morgan fingerprint density at radius 2 is 1.44 bits per heavy atom. The van der Waals surface area contributed by atoms with Gasteiger partial charge in [0.1, 0.15) is 13.2 Å². The molecule has 70 heavy (non-hydrogen) atoms. The number of carbonyl (C=O) groups is 4. The zero-order chi connectivity index (χ0) is 48.9. The number of fused-ring (bicyclic) bond motifs is 8. The van der Waals surface area contributed by atoms with Crippen LogP contribution in [0.1, 0.15) is 82.5 Å². The molecule has 9 rings (SSSR count). The van der Waals surface area contributed by atoms with Crippen LogP contribution in [0.5, 0.6) is 23.0 Å². The summed E-state index contributed by atoms with van der Waals surface area (Å²) in [6.45, 7) is 8.22. The van der Waals surface area contributed by atoms with Gasteiger partial charge in [-0.15, -0.1) is 0 Å². The number of amides is 4. The van der Waals surface area contributed by atoms with Crippen LogP contribution in [0, 0.1) is 0 Å². The number of ether oxygens (including phenoxy) is 4. The molecule has 4 aliphatic rings. The first-order valence-electron chi connectivity index (χ1n) is 23.2. The van der Waals surface area contributed by atoms with E-state index in [9.17, 15) is 19.2 Å². The number of rotatable bonds is 19. The Balaban J connectivity index is 0.928. The van der Waals surface area contributed by atoms with Crippen molar-refractivity contribution in [2.75, 3.05) is 47.0 Å². The molecule has 0 unspecified atom stereocenters. The van der Waals surface area contributed by atoms with E-state index in [4.69, 9.17) is 23.9 Å². The minimum atomic E-state index is -0.211. The molecule has 2 atom stereocenters. The third-order valence-corrected chi connectivity index (χ3v) is 16.1. The Morgan fingerprint density at radius 1 is 0.800 bits per heavy atom. The summed E-state index contributed by atoms with van der Waals surface area (Å²) in [5.74, 6) is 1.83. The molecule has 0 saturated heterocycles. The van der Waals surface area contributed by atoms with E-state index in [0.717, 1.165) is 45.8 Å². The normalized spacial score (nSPS) is 16.3. The maximum Gasteiger partial charge on any atom is 0.261 e. The maximum absolute atomic E-state index is 14.1. The lowest BCUT2D eigenvalue weighted by molar-refractivity contribution is -0.121. The van der Waals surface area contributed by atoms with Gasteiger partial charge in [0.25, 0.3) is 11.8 Å². The molecular weight excluding hydrogens is 927 g/mol. The van der Waals surface area contributed by atoms with E-state index in [-0.39, 0.29) is 60.1 Å². The van der Waals surface area contributed by atoms with Crippen LogP contribution in [0.4, 0.5) is 28.4 Å². The number of benzene rings is 5. The van der Waals surface area contributed by atoms with E-state index in [1.807, 2.05) is 77.8 Å². The molecule has 3 N–H and O–H groups in total. The standard InChI is InChI=1S/C53H55N7O8S2/c1-53(2,70-69-18-10-15-50(62)58-54-3)17-16-49(61)57-36-20-32(30-67-47-26-41-39(24-45(47)65-4)51(63)59-37(28-55-41)22-34-11-6-8-13-43(34)59)19-33(21-36)31-68-48-27-42-40(25-46(48)66-5)52(64)60-38(29-56-42)23-35-12-7-9-14-44(35)60/h6-9,11-14,19-21,24-28,37-38,56H,3,10,15-18,22-23,29-31H2,1-2,4-5H3,(H,57,61)(H,58,62)/t37-,38-/m0/s1. The predicted octanol–water partition coefficient (Wildman–Crippen LogP) is 9.54. The Morgan fingerprint density at radius 3 is 2.14 bits per heavy atom. The number of anilines is 4. The smallest absolute Gasteiger partial charge is 0.261 e. The second kappa shape index (κ2) is 20.9. The van der Waals surface area contributed by atoms with Crippen molar-refractivity contribution in [3.63, 3.8) is 0 Å². The van der Waals surface area contributed by atoms with Crippen LogP contribution >= 0.6 is 21.6 Å². The third-order valence-electron chi connectivity index (χ3n) is 12.7. The number of hydrogen-bond acceptors (Lipinski definition) is 13. The second-order valence-corrected chi connectivity index (χ2v) is 21.2. The van der Waals surface area contributed by atoms with E-state index >= 15 is 0 Å². The number of aliphatic imine (C=N–C) groups is 1. The van der Waals surface area contributed by atoms with Crippen molar-refractivity contribution in [1.29, 1.82) is 0 Å². The molecule has 5 aromatic carbocycles. The molecule has 0 spiro atoms. The molecule has 362 valence electrons. The molecule has 0 aliphatic carbocycles. The molecule has 0 aromatic heterocycles. The molecule has 15 nitrogen and oxygen atoms in total. The number of nitrogens with zero attached hydrogens (tertiary/aromatic N) is 4. The molecule has 0 saturated carbocycles. The van der Waals surface area contributed by atoms with Gasteiger partial charge in [-0.25, -0.2) is 5.43 Å². The number of hydrogen-bond donors (Lipinski definition) is 3. The molecule has 4 aliphatic heterocycles. The number of hydrazone groups is 1. The SMILES string of the molecule is C=NNC(=O)CCCSSC(C)(C)CCC(=O)Nc1cc(COc2cc3c(cc2OC)C(=O)N2c4ccccc4C[C@H]2C=N3)cc(COc2cc3c(cc2OC)C(=O)N2c4ccccc4C[C@H]2CN3)c1. The maximum atomic E-state index is 14.1. The highest BCUT2D eigenvalue weighted by Crippen LogP contribution is 2.44. The Hall–Kier alpha value is -6.98. The summed E-state index contributed by atoms with van der Waals surface area (Å²) in [7, 11) is 6.45. The van der Waals surface area contributed by atoms with Crippen LogP contribution in [0.15, 0.2) is 101 Å². The molecule has 0 fully saturated rings. The number of para-hydroxylation sites is 2. The largest absolute Gasteiger partial charge is 0.493 e. The summed E-state index contributed by atoms with van der Waals surface area (Å²) >= 11 is 0. The Kier molecular flexibility index (Phi) is 14.4. The minimum Gasteiger partial charge on any atom is -0.493 e. The summed E-state index contributed by atoms with van der Waals surface area (Å²) in [6.07, 6.45) is 5.22. The van der Waals surface area contributed by atoms with Crippen LogP contribution in [0.25, 0.3) is 0 Å². The van der Waals surface area contributed by atoms with Gasteiger partial charge in [-0.1, -0.05) is 58.0 Å². The van der Waals surface area contributed by atoms with Gasteiger partial charge in [-0.3, -0.25) is 29.1 Å². The average Bonchev–Trinajstić information content (AvgIpc) is 3.85. The molecule has 0 radical (unpaired) electrons. The quantitative estimate of drug-likeness (QED) is 0.0311. The fourth-order valence-corrected chi connectivity index (χ4v) is 11.9. The first-order valence-corrected chi connectivity index (χ1v) is 25.5.